The smallest absolute Gasteiger partial charge is 0.308 e. The first kappa shape index (κ1) is 10.2. The van der Waals surface area contributed by atoms with Crippen molar-refractivity contribution in [2.45, 2.75) is 25.8 Å². The second-order valence-electron chi connectivity index (χ2n) is 3.20. The molecule has 13 heavy (non-hydrogen) atoms. The fraction of sp³-hybridized carbons (Fsp3) is 0.778. The van der Waals surface area contributed by atoms with Crippen molar-refractivity contribution >= 4 is 12.7 Å². The predicted molar refractivity (Wildman–Crippen MR) is 53.5 cm³/mol. The highest BCUT2D eigenvalue weighted by atomic mass is 16.5. The normalized spacial score (nSPS) is 23.0. The Kier molecular flexibility index (Phi) is 3.89. The number of amidine groups is 1. The highest BCUT2D eigenvalue weighted by Gasteiger charge is 2.23. The molecule has 1 rings (SSSR count). The zero-order chi connectivity index (χ0) is 9.68. The molecule has 1 saturated heterocycles. The number of hydrogen-bond donors (Lipinski definition) is 1. The minimum Gasteiger partial charge on any atom is -0.462 e. The van der Waals surface area contributed by atoms with Gasteiger partial charge in [-0.15, -0.1) is 0 Å². The van der Waals surface area contributed by atoms with Crippen LogP contribution in [0.2, 0.25) is 0 Å². The van der Waals surface area contributed by atoms with E-state index in [0.29, 0.717) is 12.6 Å². The van der Waals surface area contributed by atoms with Gasteiger partial charge < -0.3 is 4.74 Å². The van der Waals surface area contributed by atoms with E-state index >= 15 is 0 Å². The van der Waals surface area contributed by atoms with Crippen molar-refractivity contribution in [3.05, 3.63) is 0 Å². The molecule has 0 aromatic carbocycles. The third-order valence-electron chi connectivity index (χ3n) is 2.46. The largest absolute Gasteiger partial charge is 0.462 e. The summed E-state index contributed by atoms with van der Waals surface area (Å²) in [4.78, 5) is 5.76. The lowest BCUT2D eigenvalue weighted by atomic mass is 10.2. The van der Waals surface area contributed by atoms with E-state index in [1.165, 1.54) is 6.42 Å². The molecule has 0 bridgehead atoms. The van der Waals surface area contributed by atoms with Crippen LogP contribution >= 0.6 is 0 Å². The molecule has 0 aromatic rings. The molecular weight excluding hydrogens is 166 g/mol. The zero-order valence-electron chi connectivity index (χ0n) is 8.12. The minimum absolute atomic E-state index is 0.0667. The van der Waals surface area contributed by atoms with Gasteiger partial charge in [-0.3, -0.25) is 4.90 Å². The summed E-state index contributed by atoms with van der Waals surface area (Å²) in [5.41, 5.74) is 0. The first-order valence-electron chi connectivity index (χ1n) is 4.70. The van der Waals surface area contributed by atoms with Crippen LogP contribution in [0, 0.1) is 5.41 Å². The number of likely N-dealkylation sites (tertiary alicyclic amines) is 1. The second-order valence-corrected chi connectivity index (χ2v) is 3.20. The average molecular weight is 183 g/mol. The van der Waals surface area contributed by atoms with Gasteiger partial charge in [0, 0.05) is 6.04 Å². The van der Waals surface area contributed by atoms with Crippen molar-refractivity contribution in [2.24, 2.45) is 4.99 Å². The van der Waals surface area contributed by atoms with Crippen molar-refractivity contribution in [3.63, 3.8) is 0 Å². The van der Waals surface area contributed by atoms with Gasteiger partial charge in [0.25, 0.3) is 0 Å². The van der Waals surface area contributed by atoms with Gasteiger partial charge in [-0.25, -0.2) is 10.4 Å². The third kappa shape index (κ3) is 2.81. The summed E-state index contributed by atoms with van der Waals surface area (Å²) >= 11 is 0. The van der Waals surface area contributed by atoms with Crippen LogP contribution in [-0.2, 0) is 4.74 Å². The standard InChI is InChI=1S/C9H17N3O/c1-3-12-6-4-5-8(12)7-13-9(10)11-2/h8,10H,2-7H2,1H3. The van der Waals surface area contributed by atoms with Crippen LogP contribution in [-0.4, -0.2) is 43.4 Å². The van der Waals surface area contributed by atoms with Crippen LogP contribution < -0.4 is 0 Å². The Bertz CT molecular complexity index is 193. The predicted octanol–water partition coefficient (Wildman–Crippen LogP) is 1.12. The van der Waals surface area contributed by atoms with E-state index in [1.807, 2.05) is 0 Å². The summed E-state index contributed by atoms with van der Waals surface area (Å²) in [6.45, 7) is 8.17. The molecule has 74 valence electrons. The molecule has 1 fully saturated rings. The summed E-state index contributed by atoms with van der Waals surface area (Å²) in [6, 6.07) is 0.398. The molecule has 1 heterocycles. The van der Waals surface area contributed by atoms with E-state index in [1.54, 1.807) is 0 Å². The van der Waals surface area contributed by atoms with Crippen LogP contribution in [0.4, 0.5) is 0 Å². The van der Waals surface area contributed by atoms with Crippen molar-refractivity contribution in [2.75, 3.05) is 19.7 Å². The molecule has 0 aliphatic carbocycles. The van der Waals surface area contributed by atoms with Crippen LogP contribution in [0.1, 0.15) is 19.8 Å². The maximum Gasteiger partial charge on any atom is 0.308 e. The van der Waals surface area contributed by atoms with Gasteiger partial charge in [-0.05, 0) is 32.6 Å². The summed E-state index contributed by atoms with van der Waals surface area (Å²) in [5.74, 6) is 0. The molecule has 4 nitrogen and oxygen atoms in total. The minimum atomic E-state index is -0.0667. The Hall–Kier alpha value is -0.900. The number of hydrogen-bond acceptors (Lipinski definition) is 3. The van der Waals surface area contributed by atoms with Gasteiger partial charge in [0.05, 0.1) is 0 Å². The van der Waals surface area contributed by atoms with Crippen LogP contribution in [0.3, 0.4) is 0 Å². The Morgan fingerprint density at radius 1 is 1.77 bits per heavy atom. The van der Waals surface area contributed by atoms with Crippen molar-refractivity contribution in [3.8, 4) is 0 Å². The number of nitrogens with zero attached hydrogens (tertiary/aromatic N) is 2. The van der Waals surface area contributed by atoms with E-state index in [2.05, 4.69) is 23.5 Å². The van der Waals surface area contributed by atoms with Gasteiger partial charge >= 0.3 is 6.02 Å². The van der Waals surface area contributed by atoms with E-state index < -0.39 is 0 Å². The fourth-order valence-corrected chi connectivity index (χ4v) is 1.72. The Morgan fingerprint density at radius 3 is 3.15 bits per heavy atom. The molecule has 1 N–H and O–H groups in total. The van der Waals surface area contributed by atoms with Gasteiger partial charge in [0.2, 0.25) is 0 Å². The van der Waals surface area contributed by atoms with E-state index in [-0.39, 0.29) is 6.02 Å². The summed E-state index contributed by atoms with van der Waals surface area (Å²) in [6.07, 6.45) is 2.40. The maximum absolute atomic E-state index is 7.15. The number of likely N-dealkylation sites (N-methyl/N-ethyl adjacent to an activating group) is 1. The van der Waals surface area contributed by atoms with Gasteiger partial charge in [0.15, 0.2) is 0 Å². The lowest BCUT2D eigenvalue weighted by Crippen LogP contribution is -2.33. The Labute approximate surface area is 79.1 Å². The van der Waals surface area contributed by atoms with Crippen LogP contribution in [0.5, 0.6) is 0 Å². The van der Waals surface area contributed by atoms with E-state index in [4.69, 9.17) is 10.1 Å². The molecule has 0 amide bonds. The van der Waals surface area contributed by atoms with Crippen LogP contribution in [0.25, 0.3) is 0 Å². The quantitative estimate of drug-likeness (QED) is 0.526. The lowest BCUT2D eigenvalue weighted by molar-refractivity contribution is 0.169. The van der Waals surface area contributed by atoms with Crippen molar-refractivity contribution in [1.29, 1.82) is 5.41 Å². The number of nitrogens with one attached hydrogen (secondary N) is 1. The number of rotatable bonds is 3. The zero-order valence-corrected chi connectivity index (χ0v) is 8.12. The molecular formula is C9H17N3O. The second kappa shape index (κ2) is 4.97. The SMILES string of the molecule is C=NC(=N)OCC1CCCN1CC. The number of aliphatic imine (C=N–C) groups is 1. The average Bonchev–Trinajstić information content (AvgIpc) is 2.61. The summed E-state index contributed by atoms with van der Waals surface area (Å²) in [7, 11) is 0. The molecule has 0 saturated carbocycles. The van der Waals surface area contributed by atoms with E-state index in [0.717, 1.165) is 19.5 Å². The topological polar surface area (TPSA) is 48.7 Å². The first-order valence-corrected chi connectivity index (χ1v) is 4.70. The Balaban J connectivity index is 2.27. The van der Waals surface area contributed by atoms with Crippen molar-refractivity contribution in [1.82, 2.24) is 4.90 Å². The molecule has 1 aliphatic heterocycles. The summed E-state index contributed by atoms with van der Waals surface area (Å²) in [5, 5.41) is 7.15. The molecule has 0 radical (unpaired) electrons. The molecule has 4 heteroatoms. The first-order chi connectivity index (χ1) is 6.27. The molecule has 1 unspecified atom stereocenters. The Morgan fingerprint density at radius 2 is 2.54 bits per heavy atom. The van der Waals surface area contributed by atoms with E-state index in [9.17, 15) is 0 Å². The molecule has 1 aliphatic rings. The monoisotopic (exact) mass is 183 g/mol. The summed E-state index contributed by atoms with van der Waals surface area (Å²) < 4.78 is 5.12. The van der Waals surface area contributed by atoms with Crippen LogP contribution in [0.15, 0.2) is 4.99 Å². The highest BCUT2D eigenvalue weighted by molar-refractivity contribution is 5.75. The highest BCUT2D eigenvalue weighted by Crippen LogP contribution is 2.16. The van der Waals surface area contributed by atoms with Gasteiger partial charge in [-0.1, -0.05) is 6.92 Å². The fourth-order valence-electron chi connectivity index (χ4n) is 1.72. The lowest BCUT2D eigenvalue weighted by Gasteiger charge is -2.21. The molecule has 1 atom stereocenters. The maximum atomic E-state index is 7.15. The van der Waals surface area contributed by atoms with Crippen molar-refractivity contribution < 1.29 is 4.74 Å². The van der Waals surface area contributed by atoms with Gasteiger partial charge in [-0.2, -0.15) is 0 Å². The molecule has 0 spiro atoms. The number of ether oxygens (including phenoxy) is 1. The third-order valence-corrected chi connectivity index (χ3v) is 2.46. The van der Waals surface area contributed by atoms with Gasteiger partial charge in [0.1, 0.15) is 6.61 Å². The molecule has 0 aromatic heterocycles.